The number of rotatable bonds is 8. The smallest absolute Gasteiger partial charge is 0.217 e. The maximum Gasteiger partial charge on any atom is 0.217 e. The number of carbonyl (C=O) groups is 1. The van der Waals surface area contributed by atoms with Crippen LogP contribution in [0.4, 0.5) is 0 Å². The van der Waals surface area contributed by atoms with Gasteiger partial charge in [0.2, 0.25) is 5.91 Å². The molecule has 0 fully saturated rings. The van der Waals surface area contributed by atoms with E-state index in [4.69, 9.17) is 5.11 Å². The molecule has 7 heteroatoms. The van der Waals surface area contributed by atoms with E-state index in [1.165, 1.54) is 6.92 Å². The average molecular weight is 259 g/mol. The molecule has 0 heterocycles. The minimum Gasteiger partial charge on any atom is -0.396 e. The van der Waals surface area contributed by atoms with Gasteiger partial charge < -0.3 is 10.4 Å². The lowest BCUT2D eigenvalue weighted by Gasteiger charge is -2.30. The summed E-state index contributed by atoms with van der Waals surface area (Å²) in [6.07, 6.45) is 0. The van der Waals surface area contributed by atoms with Crippen molar-refractivity contribution in [3.05, 3.63) is 9.81 Å². The summed E-state index contributed by atoms with van der Waals surface area (Å²) in [6.45, 7) is 6.29. The molecule has 0 saturated heterocycles. The second-order valence-corrected chi connectivity index (χ2v) is 4.82. The lowest BCUT2D eigenvalue weighted by Crippen LogP contribution is -2.51. The third-order valence-electron chi connectivity index (χ3n) is 2.92. The molecular formula is C11H21N3O4. The molecule has 0 rings (SSSR count). The number of aliphatic hydroxyl groups is 1. The third-order valence-corrected chi connectivity index (χ3v) is 2.92. The van der Waals surface area contributed by atoms with Gasteiger partial charge in [-0.2, -0.15) is 9.81 Å². The summed E-state index contributed by atoms with van der Waals surface area (Å²) < 4.78 is 0. The first-order valence-electron chi connectivity index (χ1n) is 5.91. The second kappa shape index (κ2) is 7.86. The van der Waals surface area contributed by atoms with E-state index < -0.39 is 24.0 Å². The van der Waals surface area contributed by atoms with Crippen molar-refractivity contribution in [2.75, 3.05) is 6.61 Å². The van der Waals surface area contributed by atoms with Crippen molar-refractivity contribution in [1.29, 1.82) is 0 Å². The molecule has 1 unspecified atom stereocenters. The van der Waals surface area contributed by atoms with E-state index in [2.05, 4.69) is 15.7 Å². The molecule has 0 saturated carbocycles. The number of hydrogen-bond donors (Lipinski definition) is 2. The molecule has 0 spiro atoms. The Morgan fingerprint density at radius 2 is 1.67 bits per heavy atom. The van der Waals surface area contributed by atoms with Crippen LogP contribution >= 0.6 is 0 Å². The number of aliphatic hydroxyl groups excluding tert-OH is 1. The average Bonchev–Trinajstić information content (AvgIpc) is 2.32. The van der Waals surface area contributed by atoms with Gasteiger partial charge in [-0.25, -0.2) is 0 Å². The minimum absolute atomic E-state index is 0.0771. The van der Waals surface area contributed by atoms with E-state index in [1.807, 2.05) is 13.8 Å². The van der Waals surface area contributed by atoms with Crippen LogP contribution in [0.15, 0.2) is 10.4 Å². The van der Waals surface area contributed by atoms with Gasteiger partial charge in [0, 0.05) is 19.4 Å². The molecular weight excluding hydrogens is 238 g/mol. The van der Waals surface area contributed by atoms with Crippen molar-refractivity contribution in [3.8, 4) is 0 Å². The topological polar surface area (TPSA) is 108 Å². The van der Waals surface area contributed by atoms with Crippen LogP contribution in [0, 0.1) is 21.6 Å². The van der Waals surface area contributed by atoms with Crippen molar-refractivity contribution >= 4 is 5.91 Å². The molecule has 0 aliphatic rings. The number of nitrogens with zero attached hydrogens (tertiary/aromatic N) is 2. The Balaban J connectivity index is 5.13. The van der Waals surface area contributed by atoms with Gasteiger partial charge in [0.15, 0.2) is 0 Å². The summed E-state index contributed by atoms with van der Waals surface area (Å²) in [5.74, 6) is -0.865. The SMILES string of the molecule is CC(=O)N[C@@H](C(C)C)C(N=O)[C@@H](N=O)[C@H](C)CO. The predicted octanol–water partition coefficient (Wildman–Crippen LogP) is 1.05. The molecule has 104 valence electrons. The molecule has 0 aromatic rings. The van der Waals surface area contributed by atoms with Crippen LogP contribution in [0.5, 0.6) is 0 Å². The summed E-state index contributed by atoms with van der Waals surface area (Å²) in [5.41, 5.74) is 0. The zero-order valence-electron chi connectivity index (χ0n) is 11.2. The van der Waals surface area contributed by atoms with Crippen molar-refractivity contribution < 1.29 is 9.90 Å². The Labute approximate surface area is 106 Å². The highest BCUT2D eigenvalue weighted by Crippen LogP contribution is 2.21. The van der Waals surface area contributed by atoms with Gasteiger partial charge in [0.05, 0.1) is 6.04 Å². The quantitative estimate of drug-likeness (QED) is 0.635. The van der Waals surface area contributed by atoms with Crippen molar-refractivity contribution in [3.63, 3.8) is 0 Å². The van der Waals surface area contributed by atoms with Gasteiger partial charge in [-0.15, -0.1) is 0 Å². The van der Waals surface area contributed by atoms with Gasteiger partial charge in [-0.3, -0.25) is 4.79 Å². The minimum atomic E-state index is -0.978. The van der Waals surface area contributed by atoms with Crippen LogP contribution in [-0.2, 0) is 4.79 Å². The molecule has 0 aromatic heterocycles. The van der Waals surface area contributed by atoms with E-state index in [1.54, 1.807) is 6.92 Å². The number of hydrogen-bond acceptors (Lipinski definition) is 6. The largest absolute Gasteiger partial charge is 0.396 e. The van der Waals surface area contributed by atoms with Crippen LogP contribution in [0.25, 0.3) is 0 Å². The van der Waals surface area contributed by atoms with E-state index in [0.29, 0.717) is 0 Å². The molecule has 2 N–H and O–H groups in total. The van der Waals surface area contributed by atoms with Gasteiger partial charge in [0.1, 0.15) is 12.1 Å². The number of nitrogens with one attached hydrogen (secondary N) is 1. The fourth-order valence-corrected chi connectivity index (χ4v) is 1.83. The highest BCUT2D eigenvalue weighted by Gasteiger charge is 2.37. The molecule has 0 aliphatic carbocycles. The summed E-state index contributed by atoms with van der Waals surface area (Å²) in [5, 5.41) is 17.5. The molecule has 4 atom stereocenters. The zero-order chi connectivity index (χ0) is 14.3. The molecule has 0 aliphatic heterocycles. The fraction of sp³-hybridized carbons (Fsp3) is 0.909. The highest BCUT2D eigenvalue weighted by molar-refractivity contribution is 5.73. The van der Waals surface area contributed by atoms with Crippen LogP contribution in [0.3, 0.4) is 0 Å². The maximum absolute atomic E-state index is 11.1. The van der Waals surface area contributed by atoms with Crippen LogP contribution in [0.1, 0.15) is 27.7 Å². The molecule has 18 heavy (non-hydrogen) atoms. The third kappa shape index (κ3) is 4.48. The standard InChI is InChI=1S/C11H21N3O4/c1-6(2)9(12-8(4)16)11(14-18)10(13-17)7(3)5-15/h6-7,9-11,15H,5H2,1-4H3,(H,12,16)/t7-,9+,10+,11?/m1/s1. The van der Waals surface area contributed by atoms with Gasteiger partial charge in [-0.05, 0) is 5.92 Å². The second-order valence-electron chi connectivity index (χ2n) is 4.82. The Kier molecular flexibility index (Phi) is 7.26. The number of amides is 1. The van der Waals surface area contributed by atoms with Crippen LogP contribution in [0.2, 0.25) is 0 Å². The highest BCUT2D eigenvalue weighted by atomic mass is 16.3. The normalized spacial score (nSPS) is 17.7. The Morgan fingerprint density at radius 1 is 1.17 bits per heavy atom. The summed E-state index contributed by atoms with van der Waals surface area (Å²) in [6, 6.07) is -2.50. The Morgan fingerprint density at radius 3 is 1.94 bits per heavy atom. The lowest BCUT2D eigenvalue weighted by atomic mass is 9.86. The first-order valence-corrected chi connectivity index (χ1v) is 5.91. The molecule has 7 nitrogen and oxygen atoms in total. The monoisotopic (exact) mass is 259 g/mol. The van der Waals surface area contributed by atoms with E-state index in [9.17, 15) is 14.6 Å². The van der Waals surface area contributed by atoms with Crippen LogP contribution in [-0.4, -0.2) is 35.7 Å². The summed E-state index contributed by atoms with van der Waals surface area (Å²) >= 11 is 0. The molecule has 1 amide bonds. The Bertz CT molecular complexity index is 296. The zero-order valence-corrected chi connectivity index (χ0v) is 11.2. The van der Waals surface area contributed by atoms with E-state index >= 15 is 0 Å². The summed E-state index contributed by atoms with van der Waals surface area (Å²) in [7, 11) is 0. The predicted molar refractivity (Wildman–Crippen MR) is 67.9 cm³/mol. The van der Waals surface area contributed by atoms with Crippen molar-refractivity contribution in [2.45, 2.75) is 45.8 Å². The Hall–Kier alpha value is -1.37. The van der Waals surface area contributed by atoms with E-state index in [-0.39, 0.29) is 18.4 Å². The van der Waals surface area contributed by atoms with Crippen LogP contribution < -0.4 is 5.32 Å². The number of nitroso groups, excluding NO2 is 2. The summed E-state index contributed by atoms with van der Waals surface area (Å²) in [4.78, 5) is 32.9. The van der Waals surface area contributed by atoms with Gasteiger partial charge in [0.25, 0.3) is 0 Å². The van der Waals surface area contributed by atoms with Gasteiger partial charge in [-0.1, -0.05) is 31.1 Å². The molecule has 0 aromatic carbocycles. The molecule has 0 bridgehead atoms. The van der Waals surface area contributed by atoms with Gasteiger partial charge >= 0.3 is 0 Å². The first kappa shape index (κ1) is 16.6. The molecule has 0 radical (unpaired) electrons. The van der Waals surface area contributed by atoms with E-state index in [0.717, 1.165) is 0 Å². The number of carbonyl (C=O) groups excluding carboxylic acids is 1. The van der Waals surface area contributed by atoms with Crippen molar-refractivity contribution in [2.24, 2.45) is 22.2 Å². The lowest BCUT2D eigenvalue weighted by molar-refractivity contribution is -0.120. The fourth-order valence-electron chi connectivity index (χ4n) is 1.83. The first-order chi connectivity index (χ1) is 8.38. The van der Waals surface area contributed by atoms with Crippen molar-refractivity contribution in [1.82, 2.24) is 5.32 Å². The maximum atomic E-state index is 11.1.